The van der Waals surface area contributed by atoms with Crippen LogP contribution in [0.5, 0.6) is 0 Å². The number of rotatable bonds is 3. The lowest BCUT2D eigenvalue weighted by Gasteiger charge is -2.13. The molecule has 8 nitrogen and oxygen atoms in total. The summed E-state index contributed by atoms with van der Waals surface area (Å²) in [6.45, 7) is 1.08. The summed E-state index contributed by atoms with van der Waals surface area (Å²) in [7, 11) is 1.69. The Balaban J connectivity index is 1.60. The molecule has 2 aliphatic rings. The Morgan fingerprint density at radius 3 is 2.52 bits per heavy atom. The van der Waals surface area contributed by atoms with Crippen molar-refractivity contribution < 1.29 is 24.0 Å². The fourth-order valence-corrected chi connectivity index (χ4v) is 3.10. The summed E-state index contributed by atoms with van der Waals surface area (Å²) in [5, 5.41) is 4.82. The first-order valence-corrected chi connectivity index (χ1v) is 7.87. The van der Waals surface area contributed by atoms with Crippen molar-refractivity contribution in [3.05, 3.63) is 52.8 Å². The molecule has 1 saturated heterocycles. The van der Waals surface area contributed by atoms with Gasteiger partial charge in [0, 0.05) is 25.8 Å². The van der Waals surface area contributed by atoms with E-state index in [0.717, 1.165) is 6.42 Å². The largest absolute Gasteiger partial charge is 0.381 e. The van der Waals surface area contributed by atoms with E-state index in [1.165, 1.54) is 23.0 Å². The second-order valence-corrected chi connectivity index (χ2v) is 5.99. The summed E-state index contributed by atoms with van der Waals surface area (Å²) in [4.78, 5) is 42.3. The van der Waals surface area contributed by atoms with Crippen molar-refractivity contribution in [2.45, 2.75) is 12.3 Å². The number of nitrogens with zero attached hydrogens (tertiary/aromatic N) is 3. The maximum atomic E-state index is 12.6. The number of carbonyl (C=O) groups is 3. The van der Waals surface area contributed by atoms with Gasteiger partial charge in [-0.05, 0) is 18.6 Å². The number of carbonyl (C=O) groups excluding carboxylic acids is 3. The Labute approximate surface area is 142 Å². The van der Waals surface area contributed by atoms with Crippen molar-refractivity contribution >= 4 is 17.8 Å². The van der Waals surface area contributed by atoms with Crippen LogP contribution in [0.1, 0.15) is 49.1 Å². The molecule has 0 bridgehead atoms. The Morgan fingerprint density at radius 2 is 1.92 bits per heavy atom. The van der Waals surface area contributed by atoms with Crippen molar-refractivity contribution in [1.82, 2.24) is 14.8 Å². The second-order valence-electron chi connectivity index (χ2n) is 5.99. The molecule has 8 heteroatoms. The van der Waals surface area contributed by atoms with Crippen LogP contribution in [0.25, 0.3) is 0 Å². The number of imide groups is 1. The van der Waals surface area contributed by atoms with Crippen molar-refractivity contribution in [3.63, 3.8) is 0 Å². The van der Waals surface area contributed by atoms with Crippen LogP contribution >= 0.6 is 0 Å². The van der Waals surface area contributed by atoms with E-state index in [-0.39, 0.29) is 22.6 Å². The molecule has 2 amide bonds. The van der Waals surface area contributed by atoms with Gasteiger partial charge in [0.1, 0.15) is 5.56 Å². The number of amides is 2. The minimum atomic E-state index is -0.787. The first-order chi connectivity index (χ1) is 12.1. The molecule has 1 aromatic heterocycles. The Bertz CT molecular complexity index is 847. The normalized spacial score (nSPS) is 19.4. The van der Waals surface area contributed by atoms with Crippen molar-refractivity contribution in [1.29, 1.82) is 0 Å². The zero-order valence-electron chi connectivity index (χ0n) is 13.5. The summed E-state index contributed by atoms with van der Waals surface area (Å²) >= 11 is 0. The first kappa shape index (κ1) is 15.5. The van der Waals surface area contributed by atoms with Crippen LogP contribution < -0.4 is 0 Å². The number of aromatic nitrogens is 2. The van der Waals surface area contributed by atoms with Crippen LogP contribution in [0.15, 0.2) is 30.5 Å². The average molecular weight is 341 g/mol. The molecule has 2 aromatic rings. The smallest absolute Gasteiger partial charge is 0.367 e. The molecule has 2 aliphatic heterocycles. The van der Waals surface area contributed by atoms with Crippen LogP contribution in [-0.2, 0) is 16.6 Å². The van der Waals surface area contributed by atoms with Gasteiger partial charge >= 0.3 is 5.97 Å². The van der Waals surface area contributed by atoms with E-state index in [0.29, 0.717) is 24.0 Å². The number of ether oxygens (including phenoxy) is 1. The van der Waals surface area contributed by atoms with Gasteiger partial charge in [0.05, 0.1) is 23.4 Å². The van der Waals surface area contributed by atoms with Gasteiger partial charge in [0.25, 0.3) is 11.8 Å². The van der Waals surface area contributed by atoms with E-state index < -0.39 is 17.8 Å². The number of fused-ring (bicyclic) bond motifs is 1. The van der Waals surface area contributed by atoms with Crippen molar-refractivity contribution in [3.8, 4) is 0 Å². The van der Waals surface area contributed by atoms with Gasteiger partial charge in [-0.3, -0.25) is 14.3 Å². The summed E-state index contributed by atoms with van der Waals surface area (Å²) < 4.78 is 6.85. The number of aryl methyl sites for hydroxylation is 1. The fraction of sp³-hybridized carbons (Fsp3) is 0.294. The summed E-state index contributed by atoms with van der Waals surface area (Å²) in [6.07, 6.45) is 2.28. The highest BCUT2D eigenvalue weighted by Gasteiger charge is 2.39. The molecule has 1 aromatic carbocycles. The van der Waals surface area contributed by atoms with E-state index in [9.17, 15) is 14.4 Å². The van der Waals surface area contributed by atoms with E-state index in [1.807, 2.05) is 0 Å². The van der Waals surface area contributed by atoms with Crippen LogP contribution in [0.2, 0.25) is 0 Å². The highest BCUT2D eigenvalue weighted by atomic mass is 16.7. The summed E-state index contributed by atoms with van der Waals surface area (Å²) in [5.74, 6) is -2.09. The third-order valence-electron chi connectivity index (χ3n) is 4.32. The Hall–Kier alpha value is -3.00. The quantitative estimate of drug-likeness (QED) is 0.782. The summed E-state index contributed by atoms with van der Waals surface area (Å²) in [6, 6.07) is 6.34. The highest BCUT2D eigenvalue weighted by molar-refractivity contribution is 6.21. The van der Waals surface area contributed by atoms with E-state index in [1.54, 1.807) is 19.2 Å². The van der Waals surface area contributed by atoms with Crippen LogP contribution in [0.4, 0.5) is 0 Å². The van der Waals surface area contributed by atoms with Crippen LogP contribution in [-0.4, -0.2) is 45.8 Å². The maximum absolute atomic E-state index is 12.6. The molecular formula is C17H15N3O5. The zero-order chi connectivity index (χ0) is 17.6. The molecule has 0 spiro atoms. The third kappa shape index (κ3) is 2.51. The predicted molar refractivity (Wildman–Crippen MR) is 83.7 cm³/mol. The van der Waals surface area contributed by atoms with E-state index in [2.05, 4.69) is 5.10 Å². The second kappa shape index (κ2) is 5.82. The number of hydroxylamine groups is 2. The molecule has 1 unspecified atom stereocenters. The van der Waals surface area contributed by atoms with Gasteiger partial charge in [-0.1, -0.05) is 17.2 Å². The summed E-state index contributed by atoms with van der Waals surface area (Å²) in [5.41, 5.74) is 1.22. The first-order valence-electron chi connectivity index (χ1n) is 7.87. The fourth-order valence-electron chi connectivity index (χ4n) is 3.10. The number of benzene rings is 1. The van der Waals surface area contributed by atoms with Gasteiger partial charge in [-0.25, -0.2) is 4.79 Å². The van der Waals surface area contributed by atoms with Crippen molar-refractivity contribution in [2.24, 2.45) is 7.05 Å². The van der Waals surface area contributed by atoms with E-state index >= 15 is 0 Å². The molecule has 0 N–H and O–H groups in total. The molecule has 0 aliphatic carbocycles. The van der Waals surface area contributed by atoms with E-state index in [4.69, 9.17) is 9.57 Å². The zero-order valence-corrected chi connectivity index (χ0v) is 13.5. The molecule has 1 fully saturated rings. The average Bonchev–Trinajstić information content (AvgIpc) is 3.31. The monoisotopic (exact) mass is 341 g/mol. The van der Waals surface area contributed by atoms with Gasteiger partial charge < -0.3 is 9.57 Å². The third-order valence-corrected chi connectivity index (χ3v) is 4.32. The maximum Gasteiger partial charge on any atom is 0.367 e. The molecule has 128 valence electrons. The molecule has 3 heterocycles. The molecule has 25 heavy (non-hydrogen) atoms. The molecule has 0 radical (unpaired) electrons. The van der Waals surface area contributed by atoms with Crippen LogP contribution in [0.3, 0.4) is 0 Å². The Kier molecular flexibility index (Phi) is 3.61. The molecule has 1 atom stereocenters. The lowest BCUT2D eigenvalue weighted by Crippen LogP contribution is -2.33. The highest BCUT2D eigenvalue weighted by Crippen LogP contribution is 2.28. The predicted octanol–water partition coefficient (Wildman–Crippen LogP) is 1.29. The van der Waals surface area contributed by atoms with Gasteiger partial charge in [-0.2, -0.15) is 5.10 Å². The minimum absolute atomic E-state index is 0.00840. The molecule has 0 saturated carbocycles. The topological polar surface area (TPSA) is 90.7 Å². The lowest BCUT2D eigenvalue weighted by atomic mass is 10.0. The number of hydrogen-bond donors (Lipinski definition) is 0. The Morgan fingerprint density at radius 1 is 1.24 bits per heavy atom. The molecular weight excluding hydrogens is 326 g/mol. The van der Waals surface area contributed by atoms with Crippen molar-refractivity contribution in [2.75, 3.05) is 13.2 Å². The SMILES string of the molecule is Cn1cc(C(=O)ON2C(=O)c3ccccc3C2=O)c(C2CCOC2)n1. The van der Waals surface area contributed by atoms with Gasteiger partial charge in [0.2, 0.25) is 0 Å². The lowest BCUT2D eigenvalue weighted by molar-refractivity contribution is -0.0585. The minimum Gasteiger partial charge on any atom is -0.381 e. The van der Waals surface area contributed by atoms with Gasteiger partial charge in [-0.15, -0.1) is 0 Å². The molecule has 4 rings (SSSR count). The standard InChI is InChI=1S/C17H15N3O5/c1-19-8-13(14(18-19)10-6-7-24-9-10)17(23)25-20-15(21)11-4-2-3-5-12(11)16(20)22/h2-5,8,10H,6-7,9H2,1H3. The number of hydrogen-bond acceptors (Lipinski definition) is 6. The van der Waals surface area contributed by atoms with Crippen LogP contribution in [0, 0.1) is 0 Å². The van der Waals surface area contributed by atoms with Gasteiger partial charge in [0.15, 0.2) is 0 Å².